The average molecular weight is 402 g/mol. The second kappa shape index (κ2) is 7.01. The second-order valence-electron chi connectivity index (χ2n) is 9.60. The molecular weight excluding hydrogens is 370 g/mol. The van der Waals surface area contributed by atoms with E-state index in [1.165, 1.54) is 50.4 Å². The summed E-state index contributed by atoms with van der Waals surface area (Å²) in [5, 5.41) is 3.05. The van der Waals surface area contributed by atoms with E-state index < -0.39 is 9.84 Å². The minimum atomic E-state index is -3.20. The van der Waals surface area contributed by atoms with Crippen LogP contribution in [0.15, 0.2) is 40.8 Å². The molecule has 0 saturated heterocycles. The van der Waals surface area contributed by atoms with Crippen molar-refractivity contribution in [1.82, 2.24) is 5.32 Å². The molecule has 0 aliphatic heterocycles. The predicted molar refractivity (Wildman–Crippen MR) is 110 cm³/mol. The Kier molecular flexibility index (Phi) is 4.93. The number of hydrogen-bond donors (Lipinski definition) is 1. The van der Waals surface area contributed by atoms with E-state index in [2.05, 4.69) is 12.2 Å². The number of rotatable bonds is 5. The zero-order chi connectivity index (χ0) is 20.1. The van der Waals surface area contributed by atoms with E-state index in [9.17, 15) is 13.2 Å². The third kappa shape index (κ3) is 3.78. The first-order valence-electron chi connectivity index (χ1n) is 10.4. The molecule has 4 fully saturated rings. The van der Waals surface area contributed by atoms with Crippen molar-refractivity contribution in [2.75, 3.05) is 6.26 Å². The van der Waals surface area contributed by atoms with Crippen LogP contribution in [0.25, 0.3) is 0 Å². The van der Waals surface area contributed by atoms with E-state index in [-0.39, 0.29) is 17.4 Å². The van der Waals surface area contributed by atoms with E-state index in [1.807, 2.05) is 13.0 Å². The molecule has 0 radical (unpaired) electrons. The molecule has 152 valence electrons. The summed E-state index contributed by atoms with van der Waals surface area (Å²) in [7, 11) is -3.20. The highest BCUT2D eigenvalue weighted by Gasteiger charge is 2.51. The Morgan fingerprint density at radius 3 is 2.04 bits per heavy atom. The van der Waals surface area contributed by atoms with Crippen LogP contribution in [-0.4, -0.2) is 20.6 Å². The van der Waals surface area contributed by atoms with E-state index in [4.69, 9.17) is 0 Å². The molecular formula is C23H31NO3S. The van der Waals surface area contributed by atoms with Crippen LogP contribution in [0.3, 0.4) is 0 Å². The van der Waals surface area contributed by atoms with E-state index in [0.29, 0.717) is 4.90 Å². The Morgan fingerprint density at radius 2 is 1.57 bits per heavy atom. The van der Waals surface area contributed by atoms with Crippen molar-refractivity contribution >= 4 is 15.7 Å². The molecule has 1 amide bonds. The van der Waals surface area contributed by atoms with Gasteiger partial charge in [-0.25, -0.2) is 8.42 Å². The van der Waals surface area contributed by atoms with E-state index >= 15 is 0 Å². The molecule has 4 saturated carbocycles. The third-order valence-corrected chi connectivity index (χ3v) is 8.52. The maximum absolute atomic E-state index is 12.7. The van der Waals surface area contributed by atoms with Crippen LogP contribution in [0.5, 0.6) is 0 Å². The van der Waals surface area contributed by atoms with Crippen molar-refractivity contribution < 1.29 is 13.2 Å². The fourth-order valence-electron chi connectivity index (χ4n) is 6.29. The number of amides is 1. The number of nitrogens with one attached hydrogen (secondary N) is 1. The van der Waals surface area contributed by atoms with Crippen LogP contribution >= 0.6 is 0 Å². The summed E-state index contributed by atoms with van der Waals surface area (Å²) in [6.07, 6.45) is 11.0. The molecule has 1 aromatic carbocycles. The maximum Gasteiger partial charge on any atom is 0.244 e. The van der Waals surface area contributed by atoms with Crippen molar-refractivity contribution in [2.24, 2.45) is 23.2 Å². The third-order valence-electron chi connectivity index (χ3n) is 7.39. The van der Waals surface area contributed by atoms with Crippen molar-refractivity contribution in [3.05, 3.63) is 41.5 Å². The van der Waals surface area contributed by atoms with Gasteiger partial charge in [0.05, 0.1) is 10.9 Å². The topological polar surface area (TPSA) is 63.2 Å². The molecule has 1 atom stereocenters. The minimum absolute atomic E-state index is 0.0482. The van der Waals surface area contributed by atoms with Gasteiger partial charge in [0, 0.05) is 12.3 Å². The van der Waals surface area contributed by atoms with Gasteiger partial charge in [0.15, 0.2) is 9.84 Å². The van der Waals surface area contributed by atoms with Gasteiger partial charge in [0.1, 0.15) is 0 Å². The van der Waals surface area contributed by atoms with Crippen LogP contribution in [0.4, 0.5) is 0 Å². The summed E-state index contributed by atoms with van der Waals surface area (Å²) in [6, 6.07) is 6.59. The van der Waals surface area contributed by atoms with Gasteiger partial charge < -0.3 is 5.32 Å². The largest absolute Gasteiger partial charge is 0.346 e. The number of sulfone groups is 1. The standard InChI is InChI=1S/C23H31NO3S/c1-15(23-12-17-9-18(13-23)11-19(10-17)14-23)8-22(25)24-16(2)20-4-6-21(7-5-20)28(3,26)27/h4-8,16-19H,9-14H2,1-3H3,(H,24,25)/b15-8-/t16-,17?,18?,19?,23?/m0/s1. The first kappa shape index (κ1) is 19.7. The average Bonchev–Trinajstić information content (AvgIpc) is 2.59. The van der Waals surface area contributed by atoms with Crippen LogP contribution in [0.2, 0.25) is 0 Å². The van der Waals surface area contributed by atoms with E-state index in [0.717, 1.165) is 23.3 Å². The molecule has 0 unspecified atom stereocenters. The normalized spacial score (nSPS) is 33.0. The molecule has 4 bridgehead atoms. The van der Waals surface area contributed by atoms with Gasteiger partial charge in [-0.05, 0) is 93.2 Å². The fraction of sp³-hybridized carbons (Fsp3) is 0.609. The molecule has 1 aromatic rings. The van der Waals surface area contributed by atoms with Crippen molar-refractivity contribution in [2.45, 2.75) is 63.3 Å². The first-order chi connectivity index (χ1) is 13.1. The molecule has 4 nitrogen and oxygen atoms in total. The lowest BCUT2D eigenvalue weighted by Gasteiger charge is -2.57. The first-order valence-corrected chi connectivity index (χ1v) is 12.3. The Labute approximate surface area is 168 Å². The van der Waals surface area contributed by atoms with Gasteiger partial charge in [-0.15, -0.1) is 0 Å². The maximum atomic E-state index is 12.7. The highest BCUT2D eigenvalue weighted by Crippen LogP contribution is 2.62. The summed E-state index contributed by atoms with van der Waals surface area (Å²) in [5.41, 5.74) is 2.41. The molecule has 1 N–H and O–H groups in total. The summed E-state index contributed by atoms with van der Waals surface area (Å²) in [5.74, 6) is 2.55. The van der Waals surface area contributed by atoms with Crippen LogP contribution in [0, 0.1) is 23.2 Å². The van der Waals surface area contributed by atoms with Gasteiger partial charge in [-0.2, -0.15) is 0 Å². The van der Waals surface area contributed by atoms with Gasteiger partial charge in [-0.1, -0.05) is 17.7 Å². The SMILES string of the molecule is C/C(=C/C(=O)N[C@@H](C)c1ccc(S(C)(=O)=O)cc1)C12CC3CC(CC(C3)C1)C2. The summed E-state index contributed by atoms with van der Waals surface area (Å²) in [6.45, 7) is 4.08. The number of benzene rings is 1. The zero-order valence-electron chi connectivity index (χ0n) is 17.1. The summed E-state index contributed by atoms with van der Waals surface area (Å²) < 4.78 is 23.2. The molecule has 0 aromatic heterocycles. The Bertz CT molecular complexity index is 863. The van der Waals surface area contributed by atoms with Crippen molar-refractivity contribution in [1.29, 1.82) is 0 Å². The highest BCUT2D eigenvalue weighted by molar-refractivity contribution is 7.90. The van der Waals surface area contributed by atoms with Gasteiger partial charge >= 0.3 is 0 Å². The van der Waals surface area contributed by atoms with Crippen molar-refractivity contribution in [3.63, 3.8) is 0 Å². The Balaban J connectivity index is 1.43. The van der Waals surface area contributed by atoms with Crippen molar-refractivity contribution in [3.8, 4) is 0 Å². The monoisotopic (exact) mass is 401 g/mol. The lowest BCUT2D eigenvalue weighted by molar-refractivity contribution is -0.117. The molecule has 5 heteroatoms. The van der Waals surface area contributed by atoms with E-state index in [1.54, 1.807) is 24.3 Å². The van der Waals surface area contributed by atoms with Gasteiger partial charge in [0.2, 0.25) is 5.91 Å². The minimum Gasteiger partial charge on any atom is -0.346 e. The molecule has 5 rings (SSSR count). The van der Waals surface area contributed by atoms with Crippen LogP contribution in [-0.2, 0) is 14.6 Å². The number of carbonyl (C=O) groups excluding carboxylic acids is 1. The lowest BCUT2D eigenvalue weighted by atomic mass is 9.48. The lowest BCUT2D eigenvalue weighted by Crippen LogP contribution is -2.46. The quantitative estimate of drug-likeness (QED) is 0.743. The van der Waals surface area contributed by atoms with Gasteiger partial charge in [0.25, 0.3) is 0 Å². The molecule has 4 aliphatic carbocycles. The number of carbonyl (C=O) groups is 1. The van der Waals surface area contributed by atoms with Crippen LogP contribution in [0.1, 0.15) is 64.0 Å². The fourth-order valence-corrected chi connectivity index (χ4v) is 6.92. The molecule has 4 aliphatic rings. The summed E-state index contributed by atoms with van der Waals surface area (Å²) >= 11 is 0. The Morgan fingerprint density at radius 1 is 1.07 bits per heavy atom. The second-order valence-corrected chi connectivity index (χ2v) is 11.6. The predicted octanol–water partition coefficient (Wildman–Crippen LogP) is 4.43. The molecule has 28 heavy (non-hydrogen) atoms. The highest BCUT2D eigenvalue weighted by atomic mass is 32.2. The number of allylic oxidation sites excluding steroid dienone is 1. The van der Waals surface area contributed by atoms with Gasteiger partial charge in [-0.3, -0.25) is 4.79 Å². The smallest absolute Gasteiger partial charge is 0.244 e. The number of hydrogen-bond acceptors (Lipinski definition) is 3. The van der Waals surface area contributed by atoms with Crippen LogP contribution < -0.4 is 5.32 Å². The molecule has 0 spiro atoms. The molecule has 0 heterocycles. The zero-order valence-corrected chi connectivity index (χ0v) is 17.9. The summed E-state index contributed by atoms with van der Waals surface area (Å²) in [4.78, 5) is 13.0. The Hall–Kier alpha value is -1.62.